The number of aromatic nitrogens is 1. The van der Waals surface area contributed by atoms with E-state index < -0.39 is 0 Å². The average Bonchev–Trinajstić information content (AvgIpc) is 2.19. The van der Waals surface area contributed by atoms with Gasteiger partial charge < -0.3 is 5.73 Å². The molecule has 0 fully saturated rings. The topological polar surface area (TPSA) is 38.9 Å². The summed E-state index contributed by atoms with van der Waals surface area (Å²) in [6, 6.07) is 4.18. The van der Waals surface area contributed by atoms with Crippen molar-refractivity contribution in [2.75, 3.05) is 6.54 Å². The molecule has 0 aliphatic heterocycles. The summed E-state index contributed by atoms with van der Waals surface area (Å²) >= 11 is 0. The van der Waals surface area contributed by atoms with E-state index in [1.54, 1.807) is 0 Å². The molecule has 2 heteroatoms. The van der Waals surface area contributed by atoms with Gasteiger partial charge in [0.2, 0.25) is 0 Å². The van der Waals surface area contributed by atoms with Crippen molar-refractivity contribution < 1.29 is 0 Å². The fraction of sp³-hybridized carbons (Fsp3) is 0.545. The summed E-state index contributed by atoms with van der Waals surface area (Å²) < 4.78 is 0. The van der Waals surface area contributed by atoms with Crippen LogP contribution in [0.5, 0.6) is 0 Å². The minimum Gasteiger partial charge on any atom is -0.330 e. The lowest BCUT2D eigenvalue weighted by Crippen LogP contribution is -2.01. The summed E-state index contributed by atoms with van der Waals surface area (Å²) in [6.45, 7) is 2.94. The van der Waals surface area contributed by atoms with Crippen LogP contribution in [-0.2, 0) is 12.8 Å². The molecule has 0 aliphatic carbocycles. The number of hydrogen-bond acceptors (Lipinski definition) is 2. The van der Waals surface area contributed by atoms with Crippen molar-refractivity contribution in [2.45, 2.75) is 32.6 Å². The maximum atomic E-state index is 5.45. The van der Waals surface area contributed by atoms with E-state index in [0.717, 1.165) is 25.8 Å². The number of pyridine rings is 1. The fourth-order valence-corrected chi connectivity index (χ4v) is 1.48. The summed E-state index contributed by atoms with van der Waals surface area (Å²) in [5.41, 5.74) is 8.07. The summed E-state index contributed by atoms with van der Waals surface area (Å²) in [6.07, 6.45) is 6.30. The lowest BCUT2D eigenvalue weighted by molar-refractivity contribution is 0.736. The molecule has 0 aromatic carbocycles. The van der Waals surface area contributed by atoms with E-state index in [1.807, 2.05) is 12.3 Å². The third kappa shape index (κ3) is 3.15. The Hall–Kier alpha value is -0.890. The van der Waals surface area contributed by atoms with Gasteiger partial charge >= 0.3 is 0 Å². The highest BCUT2D eigenvalue weighted by Gasteiger charge is 1.99. The van der Waals surface area contributed by atoms with E-state index in [4.69, 9.17) is 5.73 Å². The van der Waals surface area contributed by atoms with Crippen molar-refractivity contribution in [3.05, 3.63) is 29.6 Å². The molecule has 0 saturated heterocycles. The summed E-state index contributed by atoms with van der Waals surface area (Å²) in [4.78, 5) is 4.34. The molecule has 2 N–H and O–H groups in total. The van der Waals surface area contributed by atoms with Gasteiger partial charge in [-0.15, -0.1) is 0 Å². The van der Waals surface area contributed by atoms with E-state index in [9.17, 15) is 0 Å². The SMILES string of the molecule is CCc1ncccc1CCCCN. The van der Waals surface area contributed by atoms with Gasteiger partial charge in [0.25, 0.3) is 0 Å². The van der Waals surface area contributed by atoms with E-state index in [2.05, 4.69) is 18.0 Å². The highest BCUT2D eigenvalue weighted by atomic mass is 14.7. The molecule has 0 amide bonds. The van der Waals surface area contributed by atoms with Crippen molar-refractivity contribution >= 4 is 0 Å². The zero-order valence-electron chi connectivity index (χ0n) is 8.29. The van der Waals surface area contributed by atoms with Crippen LogP contribution in [0.2, 0.25) is 0 Å². The molecule has 1 aromatic rings. The Morgan fingerprint density at radius 1 is 1.38 bits per heavy atom. The molecule has 0 spiro atoms. The van der Waals surface area contributed by atoms with Crippen molar-refractivity contribution in [1.82, 2.24) is 4.98 Å². The van der Waals surface area contributed by atoms with Gasteiger partial charge in [0.15, 0.2) is 0 Å². The van der Waals surface area contributed by atoms with Crippen LogP contribution in [0.3, 0.4) is 0 Å². The Bertz CT molecular complexity index is 246. The molecule has 0 atom stereocenters. The number of nitrogens with two attached hydrogens (primary N) is 1. The predicted molar refractivity (Wildman–Crippen MR) is 55.6 cm³/mol. The van der Waals surface area contributed by atoms with Gasteiger partial charge in [-0.25, -0.2) is 0 Å². The van der Waals surface area contributed by atoms with Crippen LogP contribution in [0.25, 0.3) is 0 Å². The summed E-state index contributed by atoms with van der Waals surface area (Å²) in [5.74, 6) is 0. The minimum atomic E-state index is 0.793. The first-order valence-electron chi connectivity index (χ1n) is 5.01. The molecule has 1 rings (SSSR count). The zero-order valence-corrected chi connectivity index (χ0v) is 8.29. The smallest absolute Gasteiger partial charge is 0.0432 e. The van der Waals surface area contributed by atoms with Gasteiger partial charge in [-0.1, -0.05) is 13.0 Å². The molecule has 0 bridgehead atoms. The van der Waals surface area contributed by atoms with E-state index >= 15 is 0 Å². The number of hydrogen-bond donors (Lipinski definition) is 1. The largest absolute Gasteiger partial charge is 0.330 e. The minimum absolute atomic E-state index is 0.793. The number of unbranched alkanes of at least 4 members (excludes halogenated alkanes) is 1. The van der Waals surface area contributed by atoms with Gasteiger partial charge in [0.1, 0.15) is 0 Å². The molecule has 0 saturated carbocycles. The van der Waals surface area contributed by atoms with Crippen LogP contribution < -0.4 is 5.73 Å². The Morgan fingerprint density at radius 2 is 2.23 bits per heavy atom. The van der Waals surface area contributed by atoms with E-state index in [-0.39, 0.29) is 0 Å². The third-order valence-electron chi connectivity index (χ3n) is 2.22. The van der Waals surface area contributed by atoms with E-state index in [0.29, 0.717) is 0 Å². The number of rotatable bonds is 5. The van der Waals surface area contributed by atoms with Crippen molar-refractivity contribution in [2.24, 2.45) is 5.73 Å². The lowest BCUT2D eigenvalue weighted by atomic mass is 10.1. The zero-order chi connectivity index (χ0) is 9.52. The lowest BCUT2D eigenvalue weighted by Gasteiger charge is -2.05. The number of aryl methyl sites for hydroxylation is 2. The molecule has 2 nitrogen and oxygen atoms in total. The maximum Gasteiger partial charge on any atom is 0.0432 e. The Labute approximate surface area is 80.2 Å². The standard InChI is InChI=1S/C11H18N2/c1-2-11-10(6-3-4-8-12)7-5-9-13-11/h5,7,9H,2-4,6,8,12H2,1H3. The molecular formula is C11H18N2. The van der Waals surface area contributed by atoms with Crippen LogP contribution >= 0.6 is 0 Å². The molecule has 1 heterocycles. The summed E-state index contributed by atoms with van der Waals surface area (Å²) in [7, 11) is 0. The molecule has 13 heavy (non-hydrogen) atoms. The molecule has 72 valence electrons. The van der Waals surface area contributed by atoms with Gasteiger partial charge in [0, 0.05) is 11.9 Å². The fourth-order valence-electron chi connectivity index (χ4n) is 1.48. The van der Waals surface area contributed by atoms with Crippen LogP contribution in [0.1, 0.15) is 31.0 Å². The van der Waals surface area contributed by atoms with Crippen LogP contribution in [0.15, 0.2) is 18.3 Å². The Balaban J connectivity index is 2.54. The second-order valence-corrected chi connectivity index (χ2v) is 3.21. The second-order valence-electron chi connectivity index (χ2n) is 3.21. The van der Waals surface area contributed by atoms with Crippen molar-refractivity contribution in [3.63, 3.8) is 0 Å². The molecule has 0 aliphatic rings. The predicted octanol–water partition coefficient (Wildman–Crippen LogP) is 1.93. The normalized spacial score (nSPS) is 10.3. The molecule has 0 radical (unpaired) electrons. The van der Waals surface area contributed by atoms with Crippen LogP contribution in [-0.4, -0.2) is 11.5 Å². The van der Waals surface area contributed by atoms with Gasteiger partial charge in [0.05, 0.1) is 0 Å². The Morgan fingerprint density at radius 3 is 2.92 bits per heavy atom. The van der Waals surface area contributed by atoms with Crippen LogP contribution in [0.4, 0.5) is 0 Å². The molecule has 1 aromatic heterocycles. The Kier molecular flexibility index (Phi) is 4.47. The van der Waals surface area contributed by atoms with Gasteiger partial charge in [-0.3, -0.25) is 4.98 Å². The first kappa shape index (κ1) is 10.2. The molecular weight excluding hydrogens is 160 g/mol. The van der Waals surface area contributed by atoms with Crippen LogP contribution in [0, 0.1) is 0 Å². The first-order chi connectivity index (χ1) is 6.38. The van der Waals surface area contributed by atoms with Gasteiger partial charge in [-0.2, -0.15) is 0 Å². The molecule has 0 unspecified atom stereocenters. The highest BCUT2D eigenvalue weighted by molar-refractivity contribution is 5.19. The first-order valence-corrected chi connectivity index (χ1v) is 5.01. The summed E-state index contributed by atoms with van der Waals surface area (Å²) in [5, 5.41) is 0. The van der Waals surface area contributed by atoms with Crippen molar-refractivity contribution in [1.29, 1.82) is 0 Å². The highest BCUT2D eigenvalue weighted by Crippen LogP contribution is 2.09. The van der Waals surface area contributed by atoms with Crippen molar-refractivity contribution in [3.8, 4) is 0 Å². The van der Waals surface area contributed by atoms with Gasteiger partial charge in [-0.05, 0) is 43.9 Å². The third-order valence-corrected chi connectivity index (χ3v) is 2.22. The second kappa shape index (κ2) is 5.70. The monoisotopic (exact) mass is 178 g/mol. The number of nitrogens with zero attached hydrogens (tertiary/aromatic N) is 1. The van der Waals surface area contributed by atoms with E-state index in [1.165, 1.54) is 17.7 Å². The maximum absolute atomic E-state index is 5.45. The average molecular weight is 178 g/mol. The quantitative estimate of drug-likeness (QED) is 0.700.